The van der Waals surface area contributed by atoms with Gasteiger partial charge in [-0.1, -0.05) is 39.8 Å². The lowest BCUT2D eigenvalue weighted by Gasteiger charge is -2.36. The van der Waals surface area contributed by atoms with Crippen LogP contribution in [0, 0.1) is 11.8 Å². The van der Waals surface area contributed by atoms with E-state index >= 15 is 0 Å². The van der Waals surface area contributed by atoms with Crippen molar-refractivity contribution in [2.45, 2.75) is 77.3 Å². The molecule has 3 aromatic rings. The Morgan fingerprint density at radius 1 is 0.979 bits per heavy atom. The SMILES string of the molecule is CC(C)[C@H](NC(=O)c1ccc(C(=O)NS(=O)(=O)C(C)C)cc1)C(=O)N1CCC[C@H]1C(=O)NC(CO)(c1nc2ccccc2o1)C(C)C. The van der Waals surface area contributed by atoms with Crippen LogP contribution in [0.2, 0.25) is 0 Å². The molecule has 4 rings (SSSR count). The van der Waals surface area contributed by atoms with Crippen molar-refractivity contribution in [3.8, 4) is 0 Å². The van der Waals surface area contributed by atoms with E-state index in [4.69, 9.17) is 4.42 Å². The molecule has 0 aliphatic carbocycles. The van der Waals surface area contributed by atoms with E-state index in [1.54, 1.807) is 32.0 Å². The summed E-state index contributed by atoms with van der Waals surface area (Å²) in [6, 6.07) is 10.7. The van der Waals surface area contributed by atoms with Crippen LogP contribution in [0.5, 0.6) is 0 Å². The number of aliphatic hydroxyl groups is 1. The van der Waals surface area contributed by atoms with Crippen LogP contribution in [0.25, 0.3) is 11.1 Å². The highest BCUT2D eigenvalue weighted by atomic mass is 32.2. The molecule has 14 heteroatoms. The van der Waals surface area contributed by atoms with E-state index < -0.39 is 63.1 Å². The summed E-state index contributed by atoms with van der Waals surface area (Å²) in [6.07, 6.45) is 0.953. The summed E-state index contributed by atoms with van der Waals surface area (Å²) in [5, 5.41) is 15.5. The molecule has 0 bridgehead atoms. The zero-order valence-corrected chi connectivity index (χ0v) is 28.3. The Balaban J connectivity index is 1.49. The normalized spacial score (nSPS) is 17.1. The number of hydrogen-bond donors (Lipinski definition) is 4. The van der Waals surface area contributed by atoms with Gasteiger partial charge in [-0.05, 0) is 74.9 Å². The third-order valence-electron chi connectivity index (χ3n) is 8.58. The Hall–Kier alpha value is -4.30. The van der Waals surface area contributed by atoms with Gasteiger partial charge in [0.25, 0.3) is 11.8 Å². The van der Waals surface area contributed by atoms with Crippen molar-refractivity contribution in [2.24, 2.45) is 11.8 Å². The number of sulfonamides is 1. The standard InChI is InChI=1S/C33H43N5O8S/c1-19(2)27(35-28(40)22-13-15-23(16-14-22)29(41)37-47(44,45)21(5)6)31(43)38-17-9-11-25(38)30(42)36-33(18-39,20(3)4)32-34-24-10-7-8-12-26(24)46-32/h7-8,10,12-16,19-21,25,27,39H,9,11,17-18H2,1-6H3,(H,35,40)(H,36,42)(H,37,41)/t25-,27-,33?/m0/s1. The van der Waals surface area contributed by atoms with E-state index in [-0.39, 0.29) is 28.9 Å². The van der Waals surface area contributed by atoms with Gasteiger partial charge in [0.15, 0.2) is 5.58 Å². The summed E-state index contributed by atoms with van der Waals surface area (Å²) in [5.41, 5.74) is -0.0428. The summed E-state index contributed by atoms with van der Waals surface area (Å²) in [4.78, 5) is 59.4. The van der Waals surface area contributed by atoms with Crippen molar-refractivity contribution in [1.29, 1.82) is 0 Å². The summed E-state index contributed by atoms with van der Waals surface area (Å²) in [5.74, 6) is -2.79. The maximum Gasteiger partial charge on any atom is 0.264 e. The number of fused-ring (bicyclic) bond motifs is 1. The van der Waals surface area contributed by atoms with E-state index in [0.29, 0.717) is 30.5 Å². The number of hydrogen-bond acceptors (Lipinski definition) is 9. The van der Waals surface area contributed by atoms with Crippen LogP contribution >= 0.6 is 0 Å². The minimum Gasteiger partial charge on any atom is -0.438 e. The van der Waals surface area contributed by atoms with Gasteiger partial charge in [0.05, 0.1) is 11.9 Å². The molecule has 254 valence electrons. The average molecular weight is 670 g/mol. The number of rotatable bonds is 12. The molecule has 13 nitrogen and oxygen atoms in total. The monoisotopic (exact) mass is 669 g/mol. The third kappa shape index (κ3) is 7.49. The molecule has 1 aromatic heterocycles. The fourth-order valence-corrected chi connectivity index (χ4v) is 6.01. The topological polar surface area (TPSA) is 188 Å². The van der Waals surface area contributed by atoms with Crippen molar-refractivity contribution in [3.63, 3.8) is 0 Å². The van der Waals surface area contributed by atoms with Gasteiger partial charge < -0.3 is 25.1 Å². The molecule has 3 atom stereocenters. The van der Waals surface area contributed by atoms with E-state index in [9.17, 15) is 32.7 Å². The number of nitrogens with one attached hydrogen (secondary N) is 3. The molecule has 47 heavy (non-hydrogen) atoms. The van der Waals surface area contributed by atoms with Gasteiger partial charge in [0.2, 0.25) is 27.7 Å². The maximum absolute atomic E-state index is 13.9. The Morgan fingerprint density at radius 3 is 2.15 bits per heavy atom. The molecule has 0 spiro atoms. The van der Waals surface area contributed by atoms with Crippen molar-refractivity contribution in [1.82, 2.24) is 25.2 Å². The molecular formula is C33H43N5O8S. The minimum absolute atomic E-state index is 0.0476. The van der Waals surface area contributed by atoms with Gasteiger partial charge in [-0.3, -0.25) is 19.2 Å². The highest BCUT2D eigenvalue weighted by molar-refractivity contribution is 7.90. The van der Waals surface area contributed by atoms with Crippen LogP contribution in [0.1, 0.15) is 81.0 Å². The quantitative estimate of drug-likeness (QED) is 0.225. The zero-order chi connectivity index (χ0) is 34.7. The van der Waals surface area contributed by atoms with Crippen molar-refractivity contribution < 1.29 is 37.1 Å². The molecule has 0 radical (unpaired) electrons. The van der Waals surface area contributed by atoms with E-state index in [1.807, 2.05) is 24.6 Å². The van der Waals surface area contributed by atoms with Crippen LogP contribution < -0.4 is 15.4 Å². The van der Waals surface area contributed by atoms with Crippen LogP contribution in [0.4, 0.5) is 0 Å². The molecule has 1 aliphatic heterocycles. The molecular weight excluding hydrogens is 626 g/mol. The highest BCUT2D eigenvalue weighted by Gasteiger charge is 2.46. The number of amides is 4. The number of benzene rings is 2. The average Bonchev–Trinajstić information content (AvgIpc) is 3.69. The number of likely N-dealkylation sites (tertiary alicyclic amines) is 1. The lowest BCUT2D eigenvalue weighted by molar-refractivity contribution is -0.142. The van der Waals surface area contributed by atoms with Gasteiger partial charge in [-0.25, -0.2) is 18.1 Å². The Kier molecular flexibility index (Phi) is 10.8. The second-order valence-electron chi connectivity index (χ2n) is 12.7. The zero-order valence-electron chi connectivity index (χ0n) is 27.4. The maximum atomic E-state index is 13.9. The number of para-hydroxylation sites is 2. The van der Waals surface area contributed by atoms with Gasteiger partial charge in [-0.15, -0.1) is 0 Å². The first kappa shape index (κ1) is 35.6. The van der Waals surface area contributed by atoms with Crippen LogP contribution in [0.15, 0.2) is 52.9 Å². The minimum atomic E-state index is -3.83. The molecule has 4 amide bonds. The first-order valence-corrected chi connectivity index (χ1v) is 17.2. The first-order valence-electron chi connectivity index (χ1n) is 15.7. The Morgan fingerprint density at radius 2 is 1.60 bits per heavy atom. The second-order valence-corrected chi connectivity index (χ2v) is 15.0. The summed E-state index contributed by atoms with van der Waals surface area (Å²) < 4.78 is 32.1. The highest BCUT2D eigenvalue weighted by Crippen LogP contribution is 2.32. The summed E-state index contributed by atoms with van der Waals surface area (Å²) >= 11 is 0. The largest absolute Gasteiger partial charge is 0.438 e. The molecule has 2 aromatic carbocycles. The Bertz CT molecular complexity index is 1700. The van der Waals surface area contributed by atoms with Gasteiger partial charge >= 0.3 is 0 Å². The lowest BCUT2D eigenvalue weighted by Crippen LogP contribution is -2.59. The smallest absolute Gasteiger partial charge is 0.264 e. The van der Waals surface area contributed by atoms with Crippen LogP contribution in [-0.4, -0.2) is 77.5 Å². The summed E-state index contributed by atoms with van der Waals surface area (Å²) in [6.45, 7) is 9.93. The predicted octanol–water partition coefficient (Wildman–Crippen LogP) is 2.70. The van der Waals surface area contributed by atoms with E-state index in [2.05, 4.69) is 15.6 Å². The Labute approximate surface area is 274 Å². The molecule has 2 heterocycles. The number of nitrogens with zero attached hydrogens (tertiary/aromatic N) is 2. The summed E-state index contributed by atoms with van der Waals surface area (Å²) in [7, 11) is -3.83. The van der Waals surface area contributed by atoms with Crippen molar-refractivity contribution >= 4 is 44.8 Å². The molecule has 1 fully saturated rings. The molecule has 1 aliphatic rings. The number of aromatic nitrogens is 1. The van der Waals surface area contributed by atoms with Gasteiger partial charge in [-0.2, -0.15) is 0 Å². The number of aliphatic hydroxyl groups excluding tert-OH is 1. The predicted molar refractivity (Wildman–Crippen MR) is 175 cm³/mol. The van der Waals surface area contributed by atoms with Crippen LogP contribution in [-0.2, 0) is 25.2 Å². The number of carbonyl (C=O) groups excluding carboxylic acids is 4. The van der Waals surface area contributed by atoms with Crippen LogP contribution in [0.3, 0.4) is 0 Å². The second kappa shape index (κ2) is 14.2. The third-order valence-corrected chi connectivity index (χ3v) is 10.3. The van der Waals surface area contributed by atoms with E-state index in [0.717, 1.165) is 0 Å². The van der Waals surface area contributed by atoms with Crippen molar-refractivity contribution in [2.75, 3.05) is 13.2 Å². The lowest BCUT2D eigenvalue weighted by atomic mass is 9.86. The van der Waals surface area contributed by atoms with Gasteiger partial charge in [0, 0.05) is 17.7 Å². The van der Waals surface area contributed by atoms with Gasteiger partial charge in [0.1, 0.15) is 23.1 Å². The molecule has 4 N–H and O–H groups in total. The molecule has 1 unspecified atom stereocenters. The molecule has 1 saturated heterocycles. The van der Waals surface area contributed by atoms with E-state index in [1.165, 1.54) is 43.0 Å². The molecule has 0 saturated carbocycles. The number of oxazole rings is 1. The number of carbonyl (C=O) groups is 4. The fourth-order valence-electron chi connectivity index (χ4n) is 5.40. The fraction of sp³-hybridized carbons (Fsp3) is 0.485. The first-order chi connectivity index (χ1) is 22.1. The van der Waals surface area contributed by atoms with Crippen molar-refractivity contribution in [3.05, 3.63) is 65.5 Å².